The largest absolute Gasteiger partial charge is 0.505 e. The molecule has 11 nitrogen and oxygen atoms in total. The summed E-state index contributed by atoms with van der Waals surface area (Å²) in [7, 11) is 0. The van der Waals surface area contributed by atoms with Gasteiger partial charge in [-0.3, -0.25) is 19.2 Å². The second-order valence-electron chi connectivity index (χ2n) is 11.0. The van der Waals surface area contributed by atoms with Crippen molar-refractivity contribution in [3.63, 3.8) is 0 Å². The van der Waals surface area contributed by atoms with Gasteiger partial charge in [0.25, 0.3) is 5.91 Å². The number of aromatic hydroxyl groups is 1. The van der Waals surface area contributed by atoms with Gasteiger partial charge in [-0.1, -0.05) is 37.3 Å². The van der Waals surface area contributed by atoms with Gasteiger partial charge in [-0.2, -0.15) is 0 Å². The molecule has 1 saturated heterocycles. The topological polar surface area (TPSA) is 170 Å². The van der Waals surface area contributed by atoms with Gasteiger partial charge in [-0.25, -0.2) is 26.9 Å². The zero-order chi connectivity index (χ0) is 34.6. The number of carbonyl (C=O) groups excluding carboxylic acids is 4. The van der Waals surface area contributed by atoms with Gasteiger partial charge in [-0.15, -0.1) is 0 Å². The zero-order valence-corrected chi connectivity index (χ0v) is 24.9. The molecule has 0 bridgehead atoms. The molecule has 6 atom stereocenters. The number of amides is 4. The second-order valence-corrected chi connectivity index (χ2v) is 11.0. The van der Waals surface area contributed by atoms with Crippen molar-refractivity contribution in [2.75, 3.05) is 0 Å². The number of aliphatic hydroxyl groups is 1. The number of carbonyl (C=O) groups is 4. The third kappa shape index (κ3) is 7.65. The molecule has 1 aromatic heterocycles. The Kier molecular flexibility index (Phi) is 10.7. The summed E-state index contributed by atoms with van der Waals surface area (Å²) >= 11 is 0. The third-order valence-electron chi connectivity index (χ3n) is 7.75. The molecule has 1 aliphatic rings. The average molecular weight is 664 g/mol. The van der Waals surface area contributed by atoms with E-state index < -0.39 is 112 Å². The predicted octanol–water partition coefficient (Wildman–Crippen LogP) is 1.55. The highest BCUT2D eigenvalue weighted by Gasteiger charge is 2.39. The van der Waals surface area contributed by atoms with Crippen LogP contribution in [-0.4, -0.2) is 69.1 Å². The van der Waals surface area contributed by atoms with E-state index >= 15 is 0 Å². The molecular formula is C31H30F5N5O6. The summed E-state index contributed by atoms with van der Waals surface area (Å²) in [6, 6.07) is 4.70. The van der Waals surface area contributed by atoms with E-state index in [1.165, 1.54) is 19.2 Å². The van der Waals surface area contributed by atoms with Gasteiger partial charge in [0.2, 0.25) is 23.5 Å². The van der Waals surface area contributed by atoms with Crippen molar-refractivity contribution in [3.05, 3.63) is 94.6 Å². The van der Waals surface area contributed by atoms with Gasteiger partial charge < -0.3 is 31.5 Å². The van der Waals surface area contributed by atoms with Crippen LogP contribution in [0.15, 0.2) is 48.7 Å². The Bertz CT molecular complexity index is 1650. The van der Waals surface area contributed by atoms with Crippen LogP contribution >= 0.6 is 0 Å². The summed E-state index contributed by atoms with van der Waals surface area (Å²) in [5.41, 5.74) is -1.28. The van der Waals surface area contributed by atoms with Crippen molar-refractivity contribution in [1.82, 2.24) is 26.3 Å². The highest BCUT2D eigenvalue weighted by molar-refractivity contribution is 5.98. The first kappa shape index (κ1) is 34.7. The number of benzene rings is 2. The van der Waals surface area contributed by atoms with Crippen LogP contribution in [0.4, 0.5) is 22.0 Å². The van der Waals surface area contributed by atoms with Crippen molar-refractivity contribution in [3.8, 4) is 5.75 Å². The lowest BCUT2D eigenvalue weighted by Gasteiger charge is -2.34. The van der Waals surface area contributed by atoms with E-state index in [-0.39, 0.29) is 6.42 Å². The number of hydrogen-bond acceptors (Lipinski definition) is 7. The molecule has 6 N–H and O–H groups in total. The van der Waals surface area contributed by atoms with Crippen LogP contribution in [-0.2, 0) is 27.2 Å². The van der Waals surface area contributed by atoms with Crippen LogP contribution in [0, 0.1) is 35.0 Å². The van der Waals surface area contributed by atoms with Crippen LogP contribution in [0.5, 0.6) is 5.75 Å². The van der Waals surface area contributed by atoms with Crippen LogP contribution in [0.1, 0.15) is 35.5 Å². The van der Waals surface area contributed by atoms with Crippen LogP contribution in [0.3, 0.4) is 0 Å². The number of nitrogens with one attached hydrogen (secondary N) is 4. The fourth-order valence-corrected chi connectivity index (χ4v) is 5.05. The Labute approximate surface area is 264 Å². The minimum atomic E-state index is -2.42. The Morgan fingerprint density at radius 1 is 0.809 bits per heavy atom. The quantitative estimate of drug-likeness (QED) is 0.132. The molecule has 1 fully saturated rings. The molecule has 0 radical (unpaired) electrons. The summed E-state index contributed by atoms with van der Waals surface area (Å²) in [6.07, 6.45) is -2.10. The number of aromatic nitrogens is 1. The van der Waals surface area contributed by atoms with Gasteiger partial charge in [0.1, 0.15) is 17.8 Å². The number of rotatable bonds is 6. The highest BCUT2D eigenvalue weighted by atomic mass is 19.2. The summed E-state index contributed by atoms with van der Waals surface area (Å²) in [5.74, 6) is -17.5. The number of pyridine rings is 1. The minimum Gasteiger partial charge on any atom is -0.505 e. The Morgan fingerprint density at radius 3 is 2.04 bits per heavy atom. The number of hydrogen-bond donors (Lipinski definition) is 6. The number of nitrogens with zero attached hydrogens (tertiary/aromatic N) is 1. The van der Waals surface area contributed by atoms with Crippen LogP contribution < -0.4 is 21.3 Å². The van der Waals surface area contributed by atoms with E-state index in [0.29, 0.717) is 5.56 Å². The zero-order valence-electron chi connectivity index (χ0n) is 24.9. The van der Waals surface area contributed by atoms with E-state index in [1.54, 1.807) is 30.3 Å². The fraction of sp³-hybridized carbons (Fsp3) is 0.323. The molecule has 2 heterocycles. The van der Waals surface area contributed by atoms with Crippen LogP contribution in [0.25, 0.3) is 0 Å². The molecule has 2 aromatic carbocycles. The Balaban J connectivity index is 1.77. The molecule has 250 valence electrons. The maximum atomic E-state index is 14.7. The van der Waals surface area contributed by atoms with Gasteiger partial charge in [0.15, 0.2) is 29.0 Å². The molecule has 47 heavy (non-hydrogen) atoms. The first-order chi connectivity index (χ1) is 22.2. The molecular weight excluding hydrogens is 633 g/mol. The standard InChI is InChI=1S/C31H30F5N5O6/c1-13-27(43)17(12-16-20(32)22(34)24(36)23(35)21(16)33)39-30(46)25(41-31(47)26-19(42)9-6-10-37-26)14(2)38-29(45)18(40-28(13)44)11-15-7-4-3-5-8-15/h3-10,13-14,17-18,25,27,42-43H,11-12H2,1-2H3,(H,38,45)(H,39,46)(H,40,44)(H,41,47). The molecule has 1 aliphatic heterocycles. The minimum absolute atomic E-state index is 0.0625. The molecule has 0 aliphatic carbocycles. The van der Waals surface area contributed by atoms with Gasteiger partial charge in [0.05, 0.1) is 24.1 Å². The molecule has 16 heteroatoms. The molecule has 0 spiro atoms. The second kappa shape index (κ2) is 14.5. The van der Waals surface area contributed by atoms with Crippen molar-refractivity contribution in [1.29, 1.82) is 0 Å². The van der Waals surface area contributed by atoms with Gasteiger partial charge >= 0.3 is 0 Å². The third-order valence-corrected chi connectivity index (χ3v) is 7.75. The van der Waals surface area contributed by atoms with Crippen molar-refractivity contribution < 1.29 is 51.3 Å². The summed E-state index contributed by atoms with van der Waals surface area (Å²) in [5, 5.41) is 30.9. The summed E-state index contributed by atoms with van der Waals surface area (Å²) < 4.78 is 71.3. The molecule has 0 saturated carbocycles. The lowest BCUT2D eigenvalue weighted by molar-refractivity contribution is -0.136. The molecule has 4 rings (SSSR count). The lowest BCUT2D eigenvalue weighted by Crippen LogP contribution is -2.64. The van der Waals surface area contributed by atoms with Crippen LogP contribution in [0.2, 0.25) is 0 Å². The first-order valence-electron chi connectivity index (χ1n) is 14.3. The van der Waals surface area contributed by atoms with E-state index in [2.05, 4.69) is 26.3 Å². The fourth-order valence-electron chi connectivity index (χ4n) is 5.05. The maximum absolute atomic E-state index is 14.7. The van der Waals surface area contributed by atoms with E-state index in [4.69, 9.17) is 0 Å². The van der Waals surface area contributed by atoms with Gasteiger partial charge in [-0.05, 0) is 24.6 Å². The smallest absolute Gasteiger partial charge is 0.274 e. The monoisotopic (exact) mass is 663 g/mol. The molecule has 3 aromatic rings. The Hall–Kier alpha value is -5.12. The Morgan fingerprint density at radius 2 is 1.43 bits per heavy atom. The van der Waals surface area contributed by atoms with E-state index in [9.17, 15) is 51.3 Å². The van der Waals surface area contributed by atoms with Gasteiger partial charge in [0, 0.05) is 24.6 Å². The normalized spacial score (nSPS) is 23.9. The maximum Gasteiger partial charge on any atom is 0.274 e. The first-order valence-corrected chi connectivity index (χ1v) is 14.3. The average Bonchev–Trinajstić information content (AvgIpc) is 3.05. The molecule has 4 amide bonds. The number of aliphatic hydroxyl groups excluding tert-OH is 1. The van der Waals surface area contributed by atoms with E-state index in [0.717, 1.165) is 13.0 Å². The summed E-state index contributed by atoms with van der Waals surface area (Å²) in [6.45, 7) is 2.46. The molecule has 6 unspecified atom stereocenters. The van der Waals surface area contributed by atoms with Crippen molar-refractivity contribution in [2.24, 2.45) is 5.92 Å². The van der Waals surface area contributed by atoms with Crippen molar-refractivity contribution in [2.45, 2.75) is 57.0 Å². The number of halogens is 5. The summed E-state index contributed by atoms with van der Waals surface area (Å²) in [4.78, 5) is 57.2. The lowest BCUT2D eigenvalue weighted by atomic mass is 9.90. The SMILES string of the molecule is CC1NC(=O)C(Cc2ccccc2)NC(=O)C(C)C(O)C(Cc2c(F)c(F)c(F)c(F)c2F)NC(=O)C1NC(=O)c1ncccc1O. The highest BCUT2D eigenvalue weighted by Crippen LogP contribution is 2.26. The predicted molar refractivity (Wildman–Crippen MR) is 154 cm³/mol. The van der Waals surface area contributed by atoms with Crippen molar-refractivity contribution >= 4 is 23.6 Å². The van der Waals surface area contributed by atoms with E-state index in [1.807, 2.05) is 0 Å².